The molecule has 0 aliphatic carbocycles. The zero-order valence-electron chi connectivity index (χ0n) is 22.5. The molecule has 0 heterocycles. The van der Waals surface area contributed by atoms with E-state index >= 15 is 0 Å². The second-order valence-electron chi connectivity index (χ2n) is 8.44. The van der Waals surface area contributed by atoms with Crippen LogP contribution in [-0.2, 0) is 28.5 Å². The Balaban J connectivity index is 2.23. The Bertz CT molecular complexity index is 1290. The van der Waals surface area contributed by atoms with Gasteiger partial charge in [0.05, 0.1) is 41.5 Å². The lowest BCUT2D eigenvalue weighted by atomic mass is 9.98. The van der Waals surface area contributed by atoms with Crippen LogP contribution in [0.3, 0.4) is 0 Å². The SMILES string of the molecule is CCOC(=O)[C@@H](OC(=O)c1ccccc1)c1cc([C@H](OC(=O)c2ccccc2)C(=O)OCC)c([NH+]([O-])O)cc1[NH+]([O-])O. The summed E-state index contributed by atoms with van der Waals surface area (Å²) in [5, 5.41) is 41.0. The van der Waals surface area contributed by atoms with E-state index in [1.54, 1.807) is 12.1 Å². The minimum Gasteiger partial charge on any atom is -0.595 e. The first kappa shape index (κ1) is 31.8. The fourth-order valence-electron chi connectivity index (χ4n) is 3.85. The highest BCUT2D eigenvalue weighted by molar-refractivity contribution is 5.93. The van der Waals surface area contributed by atoms with E-state index in [9.17, 15) is 40.0 Å². The molecule has 222 valence electrons. The fraction of sp³-hybridized carbons (Fsp3) is 0.214. The summed E-state index contributed by atoms with van der Waals surface area (Å²) in [7, 11) is 0. The van der Waals surface area contributed by atoms with E-state index in [0.717, 1.165) is 6.07 Å². The quantitative estimate of drug-likeness (QED) is 0.136. The summed E-state index contributed by atoms with van der Waals surface area (Å²) in [5.74, 6) is -4.39. The number of nitrogens with one attached hydrogen (secondary N) is 2. The lowest BCUT2D eigenvalue weighted by Crippen LogP contribution is -3.01. The summed E-state index contributed by atoms with van der Waals surface area (Å²) in [4.78, 5) is 51.8. The van der Waals surface area contributed by atoms with Gasteiger partial charge in [-0.15, -0.1) is 0 Å². The Kier molecular flexibility index (Phi) is 11.2. The van der Waals surface area contributed by atoms with Gasteiger partial charge in [0.15, 0.2) is 11.4 Å². The first-order chi connectivity index (χ1) is 20.1. The molecule has 4 N–H and O–H groups in total. The third kappa shape index (κ3) is 7.73. The Morgan fingerprint density at radius 2 is 1.02 bits per heavy atom. The van der Waals surface area contributed by atoms with Gasteiger partial charge in [0, 0.05) is 0 Å². The molecular weight excluding hydrogens is 556 g/mol. The third-order valence-corrected chi connectivity index (χ3v) is 5.72. The van der Waals surface area contributed by atoms with E-state index in [1.165, 1.54) is 62.4 Å². The van der Waals surface area contributed by atoms with E-state index < -0.39 is 69.0 Å². The molecule has 0 fully saturated rings. The lowest BCUT2D eigenvalue weighted by Gasteiger charge is -2.26. The van der Waals surface area contributed by atoms with Gasteiger partial charge in [0.25, 0.3) is 0 Å². The van der Waals surface area contributed by atoms with Crippen molar-refractivity contribution in [2.24, 2.45) is 0 Å². The van der Waals surface area contributed by atoms with Crippen molar-refractivity contribution >= 4 is 35.3 Å². The monoisotopic (exact) mass is 584 g/mol. The summed E-state index contributed by atoms with van der Waals surface area (Å²) in [6, 6.07) is 16.5. The summed E-state index contributed by atoms with van der Waals surface area (Å²) < 4.78 is 20.8. The predicted octanol–water partition coefficient (Wildman–Crippen LogP) is 1.42. The van der Waals surface area contributed by atoms with E-state index in [-0.39, 0.29) is 24.3 Å². The molecule has 0 spiro atoms. The summed E-state index contributed by atoms with van der Waals surface area (Å²) in [5.41, 5.74) is -2.51. The number of rotatable bonds is 12. The molecule has 0 radical (unpaired) electrons. The third-order valence-electron chi connectivity index (χ3n) is 5.72. The average molecular weight is 585 g/mol. The molecule has 3 aromatic carbocycles. The van der Waals surface area contributed by atoms with Gasteiger partial charge >= 0.3 is 23.9 Å². The average Bonchev–Trinajstić information content (AvgIpc) is 2.98. The van der Waals surface area contributed by atoms with Crippen molar-refractivity contribution in [3.05, 3.63) is 105 Å². The molecule has 0 bridgehead atoms. The molecule has 0 saturated heterocycles. The molecule has 42 heavy (non-hydrogen) atoms. The molecule has 4 atom stereocenters. The van der Waals surface area contributed by atoms with Crippen LogP contribution in [0.2, 0.25) is 0 Å². The normalized spacial score (nSPS) is 13.7. The molecule has 0 saturated carbocycles. The Labute approximate surface area is 239 Å². The smallest absolute Gasteiger partial charge is 0.352 e. The maximum atomic E-state index is 13.0. The number of esters is 4. The molecule has 2 unspecified atom stereocenters. The summed E-state index contributed by atoms with van der Waals surface area (Å²) in [6.07, 6.45) is -4.03. The van der Waals surface area contributed by atoms with Gasteiger partial charge in [-0.2, -0.15) is 10.5 Å². The number of carbonyl (C=O) groups excluding carboxylic acids is 4. The van der Waals surface area contributed by atoms with Crippen LogP contribution in [0.5, 0.6) is 0 Å². The minimum absolute atomic E-state index is 0.0206. The zero-order chi connectivity index (χ0) is 30.8. The van der Waals surface area contributed by atoms with Crippen LogP contribution in [0, 0.1) is 10.4 Å². The van der Waals surface area contributed by atoms with Crippen molar-refractivity contribution in [1.82, 2.24) is 0 Å². The van der Waals surface area contributed by atoms with Crippen molar-refractivity contribution in [3.63, 3.8) is 0 Å². The largest absolute Gasteiger partial charge is 0.595 e. The molecule has 3 aromatic rings. The van der Waals surface area contributed by atoms with E-state index in [2.05, 4.69) is 0 Å². The minimum atomic E-state index is -2.02. The van der Waals surface area contributed by atoms with E-state index in [1.807, 2.05) is 0 Å². The summed E-state index contributed by atoms with van der Waals surface area (Å²) >= 11 is 0. The van der Waals surface area contributed by atoms with Gasteiger partial charge in [0.1, 0.15) is 0 Å². The van der Waals surface area contributed by atoms with E-state index in [4.69, 9.17) is 18.9 Å². The van der Waals surface area contributed by atoms with E-state index in [0.29, 0.717) is 6.07 Å². The molecule has 0 aliphatic rings. The van der Waals surface area contributed by atoms with Crippen LogP contribution in [0.1, 0.15) is 57.9 Å². The van der Waals surface area contributed by atoms with Crippen molar-refractivity contribution in [1.29, 1.82) is 0 Å². The number of hydrogen-bond donors (Lipinski definition) is 4. The topological polar surface area (TPSA) is 201 Å². The number of carbonyl (C=O) groups is 4. The predicted molar refractivity (Wildman–Crippen MR) is 140 cm³/mol. The second-order valence-corrected chi connectivity index (χ2v) is 8.44. The molecule has 14 nitrogen and oxygen atoms in total. The standard InChI is InChI=1S/C28H28N2O12/c1-3-39-27(33)23(41-25(31)17-11-7-5-8-12-17)19-15-20(22(30(37)38)16-21(19)29(35)36)24(28(34)40-4-2)42-26(32)18-13-9-6-10-14-18/h5-16,23-24,29-30,35,37H,3-4H2,1-2H3/t23-,24-/m0/s1. The zero-order valence-corrected chi connectivity index (χ0v) is 22.5. The summed E-state index contributed by atoms with van der Waals surface area (Å²) in [6.45, 7) is 2.57. The fourth-order valence-corrected chi connectivity index (χ4v) is 3.85. The molecule has 0 aliphatic heterocycles. The van der Waals surface area contributed by atoms with Crippen LogP contribution in [0.25, 0.3) is 0 Å². The van der Waals surface area contributed by atoms with Gasteiger partial charge in [0.2, 0.25) is 12.2 Å². The molecule has 0 aromatic heterocycles. The van der Waals surface area contributed by atoms with Crippen molar-refractivity contribution in [3.8, 4) is 0 Å². The molecule has 3 rings (SSSR count). The number of hydrogen-bond acceptors (Lipinski definition) is 12. The molecule has 0 amide bonds. The highest BCUT2D eigenvalue weighted by Gasteiger charge is 2.38. The molecular formula is C28H28N2O12. The van der Waals surface area contributed by atoms with Crippen LogP contribution in [0.15, 0.2) is 72.8 Å². The van der Waals surface area contributed by atoms with Crippen LogP contribution >= 0.6 is 0 Å². The number of benzene rings is 3. The number of ether oxygens (including phenoxy) is 4. The van der Waals surface area contributed by atoms with Gasteiger partial charge < -0.3 is 29.4 Å². The first-order valence-corrected chi connectivity index (χ1v) is 12.6. The Morgan fingerprint density at radius 1 is 0.667 bits per heavy atom. The maximum Gasteiger partial charge on any atom is 0.352 e. The lowest BCUT2D eigenvalue weighted by molar-refractivity contribution is -0.996. The molecule has 14 heteroatoms. The Morgan fingerprint density at radius 3 is 1.33 bits per heavy atom. The number of quaternary nitrogens is 2. The highest BCUT2D eigenvalue weighted by atomic mass is 16.8. The van der Waals surface area contributed by atoms with Gasteiger partial charge in [-0.05, 0) is 44.2 Å². The van der Waals surface area contributed by atoms with Crippen LogP contribution in [-0.4, -0.2) is 47.5 Å². The highest BCUT2D eigenvalue weighted by Crippen LogP contribution is 2.35. The maximum absolute atomic E-state index is 13.0. The van der Waals surface area contributed by atoms with Crippen LogP contribution < -0.4 is 10.5 Å². The first-order valence-electron chi connectivity index (χ1n) is 12.6. The van der Waals surface area contributed by atoms with Gasteiger partial charge in [-0.25, -0.2) is 29.6 Å². The Hall–Kier alpha value is -4.70. The van der Waals surface area contributed by atoms with Crippen molar-refractivity contribution in [2.45, 2.75) is 26.1 Å². The van der Waals surface area contributed by atoms with Crippen LogP contribution in [0.4, 0.5) is 11.4 Å². The van der Waals surface area contributed by atoms with Crippen molar-refractivity contribution < 1.29 is 59.0 Å². The van der Waals surface area contributed by atoms with Crippen molar-refractivity contribution in [2.75, 3.05) is 13.2 Å². The second kappa shape index (κ2) is 14.8. The van der Waals surface area contributed by atoms with Gasteiger partial charge in [-0.3, -0.25) is 0 Å². The van der Waals surface area contributed by atoms with Gasteiger partial charge in [-0.1, -0.05) is 36.4 Å².